The number of rotatable bonds is 0. The average molecular weight is 230 g/mol. The van der Waals surface area contributed by atoms with Crippen molar-refractivity contribution in [2.75, 3.05) is 11.4 Å². The second-order valence-corrected chi connectivity index (χ2v) is 4.47. The van der Waals surface area contributed by atoms with Crippen molar-refractivity contribution < 1.29 is 9.90 Å². The lowest BCUT2D eigenvalue weighted by atomic mass is 10.1. The van der Waals surface area contributed by atoms with Gasteiger partial charge in [0.25, 0.3) is 0 Å². The van der Waals surface area contributed by atoms with Crippen LogP contribution >= 0.6 is 0 Å². The molecule has 1 amide bonds. The smallest absolute Gasteiger partial charge is 0.411 e. The molecule has 0 saturated carbocycles. The number of carboxylic acid groups (broad SMARTS) is 1. The molecule has 1 aromatic rings. The van der Waals surface area contributed by atoms with E-state index in [1.54, 1.807) is 0 Å². The molecule has 0 saturated heterocycles. The predicted octanol–water partition coefficient (Wildman–Crippen LogP) is 2.27. The van der Waals surface area contributed by atoms with Crippen LogP contribution in [0.2, 0.25) is 0 Å². The molecule has 17 heavy (non-hydrogen) atoms. The van der Waals surface area contributed by atoms with Gasteiger partial charge in [0.05, 0.1) is 11.7 Å². The molecule has 0 aliphatic carbocycles. The molecule has 0 fully saturated rings. The summed E-state index contributed by atoms with van der Waals surface area (Å²) >= 11 is 0. The van der Waals surface area contributed by atoms with Crippen LogP contribution in [0.5, 0.6) is 0 Å². The van der Waals surface area contributed by atoms with Gasteiger partial charge in [-0.2, -0.15) is 0 Å². The lowest BCUT2D eigenvalue weighted by molar-refractivity contribution is 0.199. The van der Waals surface area contributed by atoms with Crippen LogP contribution in [0.4, 0.5) is 10.5 Å². The predicted molar refractivity (Wildman–Crippen MR) is 64.9 cm³/mol. The van der Waals surface area contributed by atoms with Crippen LogP contribution in [0, 0.1) is 0 Å². The normalized spacial score (nSPS) is 22.0. The van der Waals surface area contributed by atoms with Gasteiger partial charge in [0.15, 0.2) is 0 Å². The first-order chi connectivity index (χ1) is 8.25. The summed E-state index contributed by atoms with van der Waals surface area (Å²) < 4.78 is 0. The second kappa shape index (κ2) is 3.80. The van der Waals surface area contributed by atoms with Crippen molar-refractivity contribution in [3.05, 3.63) is 42.1 Å². The van der Waals surface area contributed by atoms with E-state index in [2.05, 4.69) is 17.2 Å². The van der Waals surface area contributed by atoms with Gasteiger partial charge in [0.1, 0.15) is 0 Å². The van der Waals surface area contributed by atoms with E-state index in [0.717, 1.165) is 24.2 Å². The topological polar surface area (TPSA) is 43.8 Å². The fraction of sp³-hybridized carbons (Fsp3) is 0.308. The number of para-hydroxylation sites is 1. The highest BCUT2D eigenvalue weighted by molar-refractivity contribution is 5.87. The van der Waals surface area contributed by atoms with Crippen molar-refractivity contribution in [2.45, 2.75) is 19.0 Å². The SMILES string of the molecule is O=C(O)N1CC2CC=CN2Cc2ccccc21. The monoisotopic (exact) mass is 230 g/mol. The molecule has 2 aliphatic heterocycles. The van der Waals surface area contributed by atoms with E-state index in [-0.39, 0.29) is 6.04 Å². The first-order valence-electron chi connectivity index (χ1n) is 5.76. The van der Waals surface area contributed by atoms with Gasteiger partial charge in [-0.15, -0.1) is 0 Å². The Balaban J connectivity index is 2.05. The second-order valence-electron chi connectivity index (χ2n) is 4.47. The lowest BCUT2D eigenvalue weighted by Gasteiger charge is -2.25. The van der Waals surface area contributed by atoms with Crippen molar-refractivity contribution in [3.8, 4) is 0 Å². The van der Waals surface area contributed by atoms with Gasteiger partial charge in [0, 0.05) is 13.1 Å². The van der Waals surface area contributed by atoms with Crippen LogP contribution in [0.1, 0.15) is 12.0 Å². The molecule has 1 atom stereocenters. The van der Waals surface area contributed by atoms with Crippen molar-refractivity contribution in [1.29, 1.82) is 0 Å². The van der Waals surface area contributed by atoms with Crippen LogP contribution in [0.25, 0.3) is 0 Å². The third-order valence-electron chi connectivity index (χ3n) is 3.43. The molecule has 0 radical (unpaired) electrons. The van der Waals surface area contributed by atoms with Crippen molar-refractivity contribution in [3.63, 3.8) is 0 Å². The first kappa shape index (κ1) is 10.2. The van der Waals surface area contributed by atoms with Crippen LogP contribution in [-0.2, 0) is 6.54 Å². The number of hydrogen-bond donors (Lipinski definition) is 1. The van der Waals surface area contributed by atoms with E-state index in [1.807, 2.05) is 24.3 Å². The molecule has 4 nitrogen and oxygen atoms in total. The Labute approximate surface area is 99.8 Å². The van der Waals surface area contributed by atoms with Gasteiger partial charge in [0.2, 0.25) is 0 Å². The molecule has 2 aliphatic rings. The zero-order valence-corrected chi connectivity index (χ0v) is 9.41. The van der Waals surface area contributed by atoms with Gasteiger partial charge in [-0.1, -0.05) is 24.3 Å². The molecule has 1 aromatic carbocycles. The van der Waals surface area contributed by atoms with E-state index in [1.165, 1.54) is 4.90 Å². The maximum Gasteiger partial charge on any atom is 0.411 e. The minimum Gasteiger partial charge on any atom is -0.465 e. The summed E-state index contributed by atoms with van der Waals surface area (Å²) in [7, 11) is 0. The number of fused-ring (bicyclic) bond motifs is 2. The Kier molecular flexibility index (Phi) is 2.28. The Hall–Kier alpha value is -1.97. The number of benzene rings is 1. The van der Waals surface area contributed by atoms with Crippen molar-refractivity contribution in [1.82, 2.24) is 4.90 Å². The zero-order chi connectivity index (χ0) is 11.8. The first-order valence-corrected chi connectivity index (χ1v) is 5.76. The van der Waals surface area contributed by atoms with E-state index in [9.17, 15) is 9.90 Å². The highest BCUT2D eigenvalue weighted by atomic mass is 16.4. The molecule has 4 heteroatoms. The third kappa shape index (κ3) is 1.65. The maximum absolute atomic E-state index is 11.3. The van der Waals surface area contributed by atoms with Crippen LogP contribution in [0.15, 0.2) is 36.5 Å². The summed E-state index contributed by atoms with van der Waals surface area (Å²) in [6.45, 7) is 1.33. The van der Waals surface area contributed by atoms with E-state index in [4.69, 9.17) is 0 Å². The van der Waals surface area contributed by atoms with Gasteiger partial charge < -0.3 is 10.0 Å². The van der Waals surface area contributed by atoms with E-state index >= 15 is 0 Å². The number of carbonyl (C=O) groups is 1. The van der Waals surface area contributed by atoms with Crippen molar-refractivity contribution >= 4 is 11.8 Å². The van der Waals surface area contributed by atoms with Gasteiger partial charge in [-0.25, -0.2) is 4.79 Å². The molecule has 3 rings (SSSR count). The lowest BCUT2D eigenvalue weighted by Crippen LogP contribution is -2.39. The Morgan fingerprint density at radius 2 is 2.18 bits per heavy atom. The summed E-state index contributed by atoms with van der Waals surface area (Å²) in [6.07, 6.45) is 4.25. The quantitative estimate of drug-likeness (QED) is 0.743. The Morgan fingerprint density at radius 1 is 1.35 bits per heavy atom. The maximum atomic E-state index is 11.3. The molecule has 88 valence electrons. The molecule has 0 aromatic heterocycles. The fourth-order valence-corrected chi connectivity index (χ4v) is 2.57. The molecular weight excluding hydrogens is 216 g/mol. The highest BCUT2D eigenvalue weighted by Crippen LogP contribution is 2.30. The van der Waals surface area contributed by atoms with E-state index in [0.29, 0.717) is 6.54 Å². The summed E-state index contributed by atoms with van der Waals surface area (Å²) in [6, 6.07) is 8.01. The number of amides is 1. The summed E-state index contributed by atoms with van der Waals surface area (Å²) in [5.74, 6) is 0. The minimum atomic E-state index is -0.869. The molecule has 0 spiro atoms. The zero-order valence-electron chi connectivity index (χ0n) is 9.41. The molecule has 0 bridgehead atoms. The molecule has 1 unspecified atom stereocenters. The highest BCUT2D eigenvalue weighted by Gasteiger charge is 2.30. The Bertz CT molecular complexity index is 484. The standard InChI is InChI=1S/C13H14N2O2/c16-13(17)15-9-11-5-3-7-14(11)8-10-4-1-2-6-12(10)15/h1-4,6-7,11H,5,8-9H2,(H,16,17). The van der Waals surface area contributed by atoms with Crippen LogP contribution in [0.3, 0.4) is 0 Å². The average Bonchev–Trinajstić information content (AvgIpc) is 2.68. The largest absolute Gasteiger partial charge is 0.465 e. The van der Waals surface area contributed by atoms with Crippen molar-refractivity contribution in [2.24, 2.45) is 0 Å². The molecule has 1 N–H and O–H groups in total. The summed E-state index contributed by atoms with van der Waals surface area (Å²) in [5.41, 5.74) is 1.90. The minimum absolute atomic E-state index is 0.276. The van der Waals surface area contributed by atoms with Gasteiger partial charge in [-0.05, 0) is 24.3 Å². The number of nitrogens with zero attached hydrogens (tertiary/aromatic N) is 2. The van der Waals surface area contributed by atoms with E-state index < -0.39 is 6.09 Å². The van der Waals surface area contributed by atoms with Crippen LogP contribution < -0.4 is 4.90 Å². The Morgan fingerprint density at radius 3 is 3.00 bits per heavy atom. The molecule has 2 heterocycles. The molecular formula is C13H14N2O2. The summed E-state index contributed by atoms with van der Waals surface area (Å²) in [5, 5.41) is 9.32. The number of anilines is 1. The third-order valence-corrected chi connectivity index (χ3v) is 3.43. The number of hydrogen-bond acceptors (Lipinski definition) is 2. The fourth-order valence-electron chi connectivity index (χ4n) is 2.57. The van der Waals surface area contributed by atoms with Crippen LogP contribution in [-0.4, -0.2) is 28.7 Å². The van der Waals surface area contributed by atoms with Gasteiger partial charge >= 0.3 is 6.09 Å². The summed E-state index contributed by atoms with van der Waals surface area (Å²) in [4.78, 5) is 15.0. The van der Waals surface area contributed by atoms with Gasteiger partial charge in [-0.3, -0.25) is 4.90 Å².